The van der Waals surface area contributed by atoms with E-state index in [9.17, 15) is 8.78 Å². The van der Waals surface area contributed by atoms with Crippen LogP contribution >= 0.6 is 0 Å². The first-order chi connectivity index (χ1) is 20.1. The van der Waals surface area contributed by atoms with Gasteiger partial charge in [-0.25, -0.2) is 23.4 Å². The van der Waals surface area contributed by atoms with E-state index in [4.69, 9.17) is 9.97 Å². The Kier molecular flexibility index (Phi) is 6.89. The number of hydrogen-bond donors (Lipinski definition) is 0. The second-order valence-corrected chi connectivity index (χ2v) is 11.8. The monoisotopic (exact) mass is 559 g/mol. The van der Waals surface area contributed by atoms with Gasteiger partial charge in [0.25, 0.3) is 0 Å². The minimum absolute atomic E-state index is 0.0423. The predicted octanol–water partition coefficient (Wildman–Crippen LogP) is 8.46. The molecule has 210 valence electrons. The van der Waals surface area contributed by atoms with Crippen LogP contribution in [-0.4, -0.2) is 25.0 Å². The number of fused-ring (bicyclic) bond motifs is 1. The quantitative estimate of drug-likeness (QED) is 0.213. The van der Waals surface area contributed by atoms with Gasteiger partial charge in [0.1, 0.15) is 23.0 Å². The average Bonchev–Trinajstić information content (AvgIpc) is 3.37. The third-order valence-electron chi connectivity index (χ3n) is 7.63. The fourth-order valence-corrected chi connectivity index (χ4v) is 5.05. The van der Waals surface area contributed by atoms with Gasteiger partial charge in [0.05, 0.1) is 29.0 Å². The summed E-state index contributed by atoms with van der Waals surface area (Å²) in [5.74, 6) is -0.670. The topological polar surface area (TPSA) is 56.5 Å². The number of aryl methyl sites for hydroxylation is 2. The number of nitrogens with zero attached hydrogens (tertiary/aromatic N) is 5. The van der Waals surface area contributed by atoms with Crippen LogP contribution < -0.4 is 0 Å². The number of benzene rings is 4. The maximum atomic E-state index is 14.0. The second kappa shape index (κ2) is 10.6. The van der Waals surface area contributed by atoms with Crippen molar-refractivity contribution in [2.75, 3.05) is 0 Å². The smallest absolute Gasteiger partial charge is 0.141 e. The summed E-state index contributed by atoms with van der Waals surface area (Å²) < 4.78 is 29.7. The molecule has 42 heavy (non-hydrogen) atoms. The molecule has 0 N–H and O–H groups in total. The Morgan fingerprint density at radius 3 is 1.71 bits per heavy atom. The molecule has 0 spiro atoms. The summed E-state index contributed by atoms with van der Waals surface area (Å²) in [5.41, 5.74) is 9.72. The first-order valence-corrected chi connectivity index (χ1v) is 13.9. The van der Waals surface area contributed by atoms with Crippen LogP contribution in [0.5, 0.6) is 0 Å². The van der Waals surface area contributed by atoms with Crippen LogP contribution in [0.3, 0.4) is 0 Å². The minimum Gasteiger partial charge on any atom is -0.244 e. The summed E-state index contributed by atoms with van der Waals surface area (Å²) in [7, 11) is 0. The molecule has 5 nitrogen and oxygen atoms in total. The van der Waals surface area contributed by atoms with E-state index in [0.717, 1.165) is 33.3 Å². The predicted molar refractivity (Wildman–Crippen MR) is 163 cm³/mol. The standard InChI is InChI=1S/C35H31F2N5/c1-21-18-29-30(19-22(21)2)39-32(31(38-29)24-8-14-27(36)15-9-24)33-34(25-10-16-28(37)17-11-25)42(41-40-33)20-23-6-12-26(13-7-23)35(3,4)5/h6-19H,20H2,1-5H3. The maximum absolute atomic E-state index is 14.0. The molecule has 0 aliphatic heterocycles. The molecule has 0 bridgehead atoms. The zero-order valence-electron chi connectivity index (χ0n) is 24.3. The van der Waals surface area contributed by atoms with Crippen molar-refractivity contribution in [1.82, 2.24) is 25.0 Å². The van der Waals surface area contributed by atoms with E-state index in [-0.39, 0.29) is 17.0 Å². The summed E-state index contributed by atoms with van der Waals surface area (Å²) in [4.78, 5) is 10.1. The van der Waals surface area contributed by atoms with Crippen LogP contribution in [-0.2, 0) is 12.0 Å². The molecule has 6 aromatic rings. The molecule has 7 heteroatoms. The molecule has 4 aromatic carbocycles. The van der Waals surface area contributed by atoms with Gasteiger partial charge in [-0.1, -0.05) is 50.3 Å². The molecule has 2 heterocycles. The van der Waals surface area contributed by atoms with Crippen molar-refractivity contribution in [3.05, 3.63) is 119 Å². The van der Waals surface area contributed by atoms with Gasteiger partial charge in [-0.2, -0.15) is 0 Å². The molecule has 0 unspecified atom stereocenters. The van der Waals surface area contributed by atoms with E-state index in [1.165, 1.54) is 29.8 Å². The first kappa shape index (κ1) is 27.4. The molecule has 0 atom stereocenters. The molecule has 0 aliphatic carbocycles. The first-order valence-electron chi connectivity index (χ1n) is 13.9. The number of aromatic nitrogens is 5. The molecular weight excluding hydrogens is 528 g/mol. The molecule has 0 saturated heterocycles. The van der Waals surface area contributed by atoms with Crippen LogP contribution in [0.4, 0.5) is 8.78 Å². The Hall–Kier alpha value is -4.78. The number of halogens is 2. The SMILES string of the molecule is Cc1cc2nc(-c3ccc(F)cc3)c(-c3nnn(Cc4ccc(C(C)(C)C)cc4)c3-c3ccc(F)cc3)nc2cc1C. The van der Waals surface area contributed by atoms with Crippen molar-refractivity contribution >= 4 is 11.0 Å². The molecule has 0 saturated carbocycles. The number of rotatable bonds is 5. The van der Waals surface area contributed by atoms with Crippen LogP contribution in [0, 0.1) is 25.5 Å². The van der Waals surface area contributed by atoms with Gasteiger partial charge in [0.2, 0.25) is 0 Å². The Bertz CT molecular complexity index is 1900. The Balaban J connectivity index is 1.57. The van der Waals surface area contributed by atoms with Crippen molar-refractivity contribution in [1.29, 1.82) is 0 Å². The highest BCUT2D eigenvalue weighted by Gasteiger charge is 2.24. The van der Waals surface area contributed by atoms with Crippen molar-refractivity contribution in [2.24, 2.45) is 0 Å². The van der Waals surface area contributed by atoms with Gasteiger partial charge >= 0.3 is 0 Å². The summed E-state index contributed by atoms with van der Waals surface area (Å²) >= 11 is 0. The zero-order valence-corrected chi connectivity index (χ0v) is 24.3. The highest BCUT2D eigenvalue weighted by molar-refractivity contribution is 5.89. The normalized spacial score (nSPS) is 11.8. The fraction of sp³-hybridized carbons (Fsp3) is 0.200. The van der Waals surface area contributed by atoms with E-state index < -0.39 is 0 Å². The molecule has 0 aliphatic rings. The third kappa shape index (κ3) is 5.30. The van der Waals surface area contributed by atoms with E-state index in [1.54, 1.807) is 24.3 Å². The zero-order chi connectivity index (χ0) is 29.6. The highest BCUT2D eigenvalue weighted by atomic mass is 19.1. The molecule has 6 rings (SSSR count). The largest absolute Gasteiger partial charge is 0.244 e. The average molecular weight is 560 g/mol. The lowest BCUT2D eigenvalue weighted by Crippen LogP contribution is -2.11. The lowest BCUT2D eigenvalue weighted by Gasteiger charge is -2.19. The van der Waals surface area contributed by atoms with Crippen LogP contribution in [0.1, 0.15) is 43.0 Å². The molecule has 0 fully saturated rings. The summed E-state index contributed by atoms with van der Waals surface area (Å²) in [5, 5.41) is 9.19. The maximum Gasteiger partial charge on any atom is 0.141 e. The van der Waals surface area contributed by atoms with Crippen LogP contribution in [0.25, 0.3) is 44.9 Å². The van der Waals surface area contributed by atoms with Gasteiger partial charge in [-0.15, -0.1) is 5.10 Å². The second-order valence-electron chi connectivity index (χ2n) is 11.8. The summed E-state index contributed by atoms with van der Waals surface area (Å²) in [6.07, 6.45) is 0. The van der Waals surface area contributed by atoms with Gasteiger partial charge in [-0.05, 0) is 102 Å². The lowest BCUT2D eigenvalue weighted by molar-refractivity contribution is 0.589. The Morgan fingerprint density at radius 2 is 1.17 bits per heavy atom. The van der Waals surface area contributed by atoms with Crippen molar-refractivity contribution in [3.63, 3.8) is 0 Å². The van der Waals surface area contributed by atoms with Crippen molar-refractivity contribution < 1.29 is 8.78 Å². The van der Waals surface area contributed by atoms with Crippen molar-refractivity contribution in [3.8, 4) is 33.9 Å². The summed E-state index contributed by atoms with van der Waals surface area (Å²) in [6, 6.07) is 25.0. The van der Waals surface area contributed by atoms with E-state index in [0.29, 0.717) is 34.9 Å². The van der Waals surface area contributed by atoms with Gasteiger partial charge in [-0.3, -0.25) is 0 Å². The Labute approximate surface area is 243 Å². The molecule has 0 radical (unpaired) electrons. The summed E-state index contributed by atoms with van der Waals surface area (Å²) in [6.45, 7) is 11.1. The van der Waals surface area contributed by atoms with Crippen LogP contribution in [0.15, 0.2) is 84.9 Å². The van der Waals surface area contributed by atoms with E-state index in [2.05, 4.69) is 55.3 Å². The number of hydrogen-bond acceptors (Lipinski definition) is 4. The third-order valence-corrected chi connectivity index (χ3v) is 7.63. The van der Waals surface area contributed by atoms with Gasteiger partial charge in [0.15, 0.2) is 0 Å². The van der Waals surface area contributed by atoms with Gasteiger partial charge < -0.3 is 0 Å². The van der Waals surface area contributed by atoms with E-state index >= 15 is 0 Å². The highest BCUT2D eigenvalue weighted by Crippen LogP contribution is 2.37. The van der Waals surface area contributed by atoms with Gasteiger partial charge in [0, 0.05) is 11.1 Å². The van der Waals surface area contributed by atoms with E-state index in [1.807, 2.05) is 30.7 Å². The lowest BCUT2D eigenvalue weighted by atomic mass is 9.87. The van der Waals surface area contributed by atoms with Crippen LogP contribution in [0.2, 0.25) is 0 Å². The minimum atomic E-state index is -0.337. The molecule has 0 amide bonds. The molecule has 2 aromatic heterocycles. The Morgan fingerprint density at radius 1 is 0.643 bits per heavy atom. The molecular formula is C35H31F2N5. The fourth-order valence-electron chi connectivity index (χ4n) is 5.05. The van der Waals surface area contributed by atoms with Crippen molar-refractivity contribution in [2.45, 2.75) is 46.6 Å².